The van der Waals surface area contributed by atoms with Crippen LogP contribution in [0.4, 0.5) is 4.39 Å². The van der Waals surface area contributed by atoms with Crippen LogP contribution in [0, 0.1) is 29.5 Å². The molecule has 0 saturated heterocycles. The van der Waals surface area contributed by atoms with Gasteiger partial charge in [-0.15, -0.1) is 0 Å². The van der Waals surface area contributed by atoms with Gasteiger partial charge in [-0.3, -0.25) is 0 Å². The van der Waals surface area contributed by atoms with Gasteiger partial charge in [0.15, 0.2) is 0 Å². The summed E-state index contributed by atoms with van der Waals surface area (Å²) in [6, 6.07) is 7.19. The van der Waals surface area contributed by atoms with E-state index in [0.29, 0.717) is 0 Å². The van der Waals surface area contributed by atoms with Crippen molar-refractivity contribution in [3.63, 3.8) is 0 Å². The molecule has 0 atom stereocenters. The molecule has 1 N–H and O–H groups in total. The van der Waals surface area contributed by atoms with Crippen molar-refractivity contribution in [1.29, 1.82) is 5.26 Å². The minimum absolute atomic E-state index is 0.181. The fourth-order valence-electron chi connectivity index (χ4n) is 1.74. The summed E-state index contributed by atoms with van der Waals surface area (Å²) in [5, 5.41) is 12.2. The molecule has 0 aliphatic rings. The first kappa shape index (κ1) is 14.7. The summed E-state index contributed by atoms with van der Waals surface area (Å²) in [6.07, 6.45) is 1.73. The van der Waals surface area contributed by atoms with Gasteiger partial charge in [-0.25, -0.2) is 4.39 Å². The molecule has 1 rings (SSSR count). The molecular formula is C15H21FN2. The fraction of sp³-hybridized carbons (Fsp3) is 0.533. The lowest BCUT2D eigenvalue weighted by Gasteiger charge is -2.15. The highest BCUT2D eigenvalue weighted by molar-refractivity contribution is 5.26. The second-order valence-corrected chi connectivity index (χ2v) is 5.32. The summed E-state index contributed by atoms with van der Waals surface area (Å²) in [5.74, 6) is -0.181. The van der Waals surface area contributed by atoms with E-state index in [1.54, 1.807) is 6.07 Å². The van der Waals surface area contributed by atoms with E-state index in [0.717, 1.165) is 31.5 Å². The van der Waals surface area contributed by atoms with E-state index >= 15 is 0 Å². The Kier molecular flexibility index (Phi) is 5.30. The van der Waals surface area contributed by atoms with Crippen LogP contribution in [0.5, 0.6) is 0 Å². The van der Waals surface area contributed by atoms with Crippen LogP contribution >= 0.6 is 0 Å². The highest BCUT2D eigenvalue weighted by atomic mass is 19.1. The number of nitriles is 1. The van der Waals surface area contributed by atoms with Crippen LogP contribution in [0.15, 0.2) is 18.2 Å². The molecule has 0 spiro atoms. The van der Waals surface area contributed by atoms with Crippen molar-refractivity contribution in [2.24, 2.45) is 5.41 Å². The molecule has 0 bridgehead atoms. The number of hydrogen-bond donors (Lipinski definition) is 1. The van der Waals surface area contributed by atoms with E-state index in [1.165, 1.54) is 11.6 Å². The summed E-state index contributed by atoms with van der Waals surface area (Å²) in [7, 11) is 0. The number of nitrogens with zero attached hydrogens (tertiary/aromatic N) is 1. The zero-order chi connectivity index (χ0) is 13.6. The Morgan fingerprint density at radius 1 is 1.33 bits per heavy atom. The highest BCUT2D eigenvalue weighted by Gasteiger charge is 2.15. The standard InChI is InChI=1S/C15H21FN2/c1-12-10-14(16)5-4-13(12)6-8-18-9-7-15(2,3)11-17/h4-5,10,18H,6-9H2,1-3H3. The summed E-state index contributed by atoms with van der Waals surface area (Å²) in [4.78, 5) is 0. The zero-order valence-corrected chi connectivity index (χ0v) is 11.4. The Balaban J connectivity index is 2.29. The first-order chi connectivity index (χ1) is 8.44. The van der Waals surface area contributed by atoms with Crippen molar-refractivity contribution in [3.8, 4) is 6.07 Å². The van der Waals surface area contributed by atoms with E-state index in [-0.39, 0.29) is 11.2 Å². The predicted molar refractivity (Wildman–Crippen MR) is 71.7 cm³/mol. The summed E-state index contributed by atoms with van der Waals surface area (Å²) < 4.78 is 12.9. The van der Waals surface area contributed by atoms with Gasteiger partial charge in [0.05, 0.1) is 11.5 Å². The van der Waals surface area contributed by atoms with Gasteiger partial charge >= 0.3 is 0 Å². The minimum atomic E-state index is -0.265. The van der Waals surface area contributed by atoms with E-state index in [9.17, 15) is 4.39 Å². The lowest BCUT2D eigenvalue weighted by molar-refractivity contribution is 0.434. The van der Waals surface area contributed by atoms with Gasteiger partial charge in [0.25, 0.3) is 0 Å². The molecule has 0 amide bonds. The van der Waals surface area contributed by atoms with Crippen LogP contribution in [0.2, 0.25) is 0 Å². The second kappa shape index (κ2) is 6.51. The maximum absolute atomic E-state index is 12.9. The first-order valence-electron chi connectivity index (χ1n) is 6.31. The average Bonchev–Trinajstić information content (AvgIpc) is 2.31. The zero-order valence-electron chi connectivity index (χ0n) is 11.4. The normalized spacial score (nSPS) is 11.3. The molecule has 0 fully saturated rings. The summed E-state index contributed by atoms with van der Waals surface area (Å²) in [6.45, 7) is 7.50. The predicted octanol–water partition coefficient (Wildman–Crippen LogP) is 3.21. The molecule has 0 saturated carbocycles. The van der Waals surface area contributed by atoms with E-state index in [1.807, 2.05) is 26.8 Å². The second-order valence-electron chi connectivity index (χ2n) is 5.32. The van der Waals surface area contributed by atoms with Gasteiger partial charge in [-0.05, 0) is 70.0 Å². The molecule has 0 aromatic heterocycles. The van der Waals surface area contributed by atoms with E-state index < -0.39 is 0 Å². The van der Waals surface area contributed by atoms with Crippen molar-refractivity contribution in [1.82, 2.24) is 5.32 Å². The van der Waals surface area contributed by atoms with Crippen molar-refractivity contribution in [2.75, 3.05) is 13.1 Å². The third-order valence-corrected chi connectivity index (χ3v) is 3.11. The molecule has 1 aromatic rings. The van der Waals surface area contributed by atoms with E-state index in [2.05, 4.69) is 11.4 Å². The molecule has 2 nitrogen and oxygen atoms in total. The smallest absolute Gasteiger partial charge is 0.123 e. The third kappa shape index (κ3) is 4.85. The molecule has 0 aliphatic heterocycles. The van der Waals surface area contributed by atoms with Crippen molar-refractivity contribution < 1.29 is 4.39 Å². The van der Waals surface area contributed by atoms with Crippen LogP contribution in [-0.2, 0) is 6.42 Å². The topological polar surface area (TPSA) is 35.8 Å². The summed E-state index contributed by atoms with van der Waals surface area (Å²) in [5.41, 5.74) is 1.90. The Morgan fingerprint density at radius 3 is 2.67 bits per heavy atom. The minimum Gasteiger partial charge on any atom is -0.316 e. The first-order valence-corrected chi connectivity index (χ1v) is 6.31. The van der Waals surface area contributed by atoms with Gasteiger partial charge < -0.3 is 5.32 Å². The average molecular weight is 248 g/mol. The van der Waals surface area contributed by atoms with Crippen molar-refractivity contribution in [3.05, 3.63) is 35.1 Å². The Hall–Kier alpha value is -1.40. The molecule has 0 heterocycles. The third-order valence-electron chi connectivity index (χ3n) is 3.11. The van der Waals surface area contributed by atoms with Gasteiger partial charge in [0.1, 0.15) is 5.82 Å². The number of halogens is 1. The number of hydrogen-bond acceptors (Lipinski definition) is 2. The maximum Gasteiger partial charge on any atom is 0.123 e. The number of aryl methyl sites for hydroxylation is 1. The number of benzene rings is 1. The largest absolute Gasteiger partial charge is 0.316 e. The molecule has 0 unspecified atom stereocenters. The molecule has 18 heavy (non-hydrogen) atoms. The number of nitrogens with one attached hydrogen (secondary N) is 1. The van der Waals surface area contributed by atoms with Crippen LogP contribution in [-0.4, -0.2) is 13.1 Å². The Labute approximate surface area is 109 Å². The van der Waals surface area contributed by atoms with Gasteiger partial charge in [0.2, 0.25) is 0 Å². The molecule has 0 radical (unpaired) electrons. The SMILES string of the molecule is Cc1cc(F)ccc1CCNCCC(C)(C)C#N. The Morgan fingerprint density at radius 2 is 2.06 bits per heavy atom. The van der Waals surface area contributed by atoms with Gasteiger partial charge in [0, 0.05) is 0 Å². The van der Waals surface area contributed by atoms with Crippen molar-refractivity contribution in [2.45, 2.75) is 33.6 Å². The fourth-order valence-corrected chi connectivity index (χ4v) is 1.74. The van der Waals surface area contributed by atoms with Crippen molar-refractivity contribution >= 4 is 0 Å². The van der Waals surface area contributed by atoms with Crippen LogP contribution in [0.1, 0.15) is 31.4 Å². The highest BCUT2D eigenvalue weighted by Crippen LogP contribution is 2.17. The number of rotatable bonds is 6. The lowest BCUT2D eigenvalue weighted by Crippen LogP contribution is -2.23. The van der Waals surface area contributed by atoms with Crippen LogP contribution in [0.25, 0.3) is 0 Å². The van der Waals surface area contributed by atoms with E-state index in [4.69, 9.17) is 5.26 Å². The molecule has 3 heteroatoms. The molecule has 0 aliphatic carbocycles. The van der Waals surface area contributed by atoms with Crippen LogP contribution in [0.3, 0.4) is 0 Å². The molecular weight excluding hydrogens is 227 g/mol. The quantitative estimate of drug-likeness (QED) is 0.785. The molecule has 1 aromatic carbocycles. The van der Waals surface area contributed by atoms with Crippen LogP contribution < -0.4 is 5.32 Å². The monoisotopic (exact) mass is 248 g/mol. The Bertz CT molecular complexity index is 433. The lowest BCUT2D eigenvalue weighted by atomic mass is 9.91. The van der Waals surface area contributed by atoms with Gasteiger partial charge in [-0.1, -0.05) is 6.07 Å². The summed E-state index contributed by atoms with van der Waals surface area (Å²) >= 11 is 0. The maximum atomic E-state index is 12.9. The molecule has 98 valence electrons. The van der Waals surface area contributed by atoms with Gasteiger partial charge in [-0.2, -0.15) is 5.26 Å².